The second-order valence-corrected chi connectivity index (χ2v) is 18.4. The van der Waals surface area contributed by atoms with Gasteiger partial charge in [-0.15, -0.1) is 11.3 Å². The van der Waals surface area contributed by atoms with Crippen LogP contribution in [0, 0.1) is 5.92 Å². The molecule has 5 atom stereocenters. The molecule has 2 aliphatic rings. The highest BCUT2D eigenvalue weighted by molar-refractivity contribution is 9.10. The van der Waals surface area contributed by atoms with Crippen LogP contribution >= 0.6 is 38.9 Å². The first-order valence-corrected chi connectivity index (χ1v) is 22.7. The average Bonchev–Trinajstić information content (AvgIpc) is 3.79. The second kappa shape index (κ2) is 22.0. The normalized spacial score (nSPS) is 18.8. The standard InChI is InChI=1S/C39H44ClF3N6O5S.C6H5BrN2O/c1-38(2,33-22-55-37(46-33)26-15-27(40)18-44-17-26)49-13-12-48(30(20-49)36(53)45-23-39(41,42)43)19-28(50)16-25(14-24-8-4-3-5-9-24)35(52)47-34-29-10-6-7-11-32(29)54-21-31(34)51;7-5-1-4(6(8)10)2-9-3-5/h3-11,15,17-18,22,25,28,30-31,34,50-51H,12-14,16,19-21,23H2,1-2H3,(H,45,53)(H,47,52);1-3H,(H2,8,10)/t25-,28+,30+,31-,34+;/m1./s1. The van der Waals surface area contributed by atoms with Gasteiger partial charge >= 0.3 is 6.18 Å². The first kappa shape index (κ1) is 49.4. The lowest BCUT2D eigenvalue weighted by Crippen LogP contribution is -2.63. The van der Waals surface area contributed by atoms with Gasteiger partial charge in [0.25, 0.3) is 0 Å². The number of halogens is 5. The molecule has 14 nitrogen and oxygen atoms in total. The number of aliphatic hydroxyl groups is 2. The molecule has 65 heavy (non-hydrogen) atoms. The van der Waals surface area contributed by atoms with E-state index in [4.69, 9.17) is 27.1 Å². The van der Waals surface area contributed by atoms with Crippen molar-refractivity contribution in [3.63, 3.8) is 0 Å². The predicted octanol–water partition coefficient (Wildman–Crippen LogP) is 5.92. The number of nitrogens with two attached hydrogens (primary N) is 1. The van der Waals surface area contributed by atoms with E-state index in [1.807, 2.05) is 59.8 Å². The lowest BCUT2D eigenvalue weighted by molar-refractivity contribution is -0.144. The summed E-state index contributed by atoms with van der Waals surface area (Å²) in [6.07, 6.45) is -0.268. The molecule has 346 valence electrons. The predicted molar refractivity (Wildman–Crippen MR) is 243 cm³/mol. The zero-order valence-electron chi connectivity index (χ0n) is 35.4. The first-order valence-electron chi connectivity index (χ1n) is 20.6. The molecule has 2 aliphatic heterocycles. The lowest BCUT2D eigenvalue weighted by atomic mass is 9.90. The molecule has 5 aromatic rings. The van der Waals surface area contributed by atoms with Crippen molar-refractivity contribution in [1.29, 1.82) is 0 Å². The number of carbonyl (C=O) groups is 3. The number of alkyl halides is 3. The number of nitrogens with zero attached hydrogens (tertiary/aromatic N) is 5. The number of nitrogens with one attached hydrogen (secondary N) is 2. The zero-order valence-corrected chi connectivity index (χ0v) is 38.6. The third-order valence-corrected chi connectivity index (χ3v) is 12.7. The number of benzene rings is 2. The van der Waals surface area contributed by atoms with Gasteiger partial charge in [-0.05, 0) is 66.4 Å². The van der Waals surface area contributed by atoms with Crippen LogP contribution in [-0.4, -0.2) is 116 Å². The van der Waals surface area contributed by atoms with Gasteiger partial charge in [-0.2, -0.15) is 13.2 Å². The Balaban J connectivity index is 0.000000618. The van der Waals surface area contributed by atoms with Crippen LogP contribution in [0.4, 0.5) is 13.2 Å². The lowest BCUT2D eigenvalue weighted by Gasteiger charge is -2.47. The molecule has 7 rings (SSSR count). The van der Waals surface area contributed by atoms with Crippen molar-refractivity contribution in [1.82, 2.24) is 35.4 Å². The number of carbonyl (C=O) groups excluding carboxylic acids is 3. The number of rotatable bonds is 14. The maximum Gasteiger partial charge on any atom is 0.405 e. The first-order chi connectivity index (χ1) is 30.9. The topological polar surface area (TPSA) is 196 Å². The van der Waals surface area contributed by atoms with Crippen LogP contribution in [0.2, 0.25) is 5.02 Å². The van der Waals surface area contributed by atoms with Crippen molar-refractivity contribution < 1.29 is 42.5 Å². The number of amides is 3. The van der Waals surface area contributed by atoms with Crippen molar-refractivity contribution in [2.45, 2.75) is 62.7 Å². The van der Waals surface area contributed by atoms with E-state index in [2.05, 4.69) is 31.2 Å². The highest BCUT2D eigenvalue weighted by Gasteiger charge is 2.42. The molecule has 1 fully saturated rings. The fraction of sp³-hybridized carbons (Fsp3) is 0.378. The van der Waals surface area contributed by atoms with E-state index in [1.54, 1.807) is 53.7 Å². The third kappa shape index (κ3) is 13.5. The molecule has 20 heteroatoms. The Morgan fingerprint density at radius 2 is 1.75 bits per heavy atom. The Labute approximate surface area is 391 Å². The number of pyridine rings is 2. The Hall–Kier alpha value is -5.02. The number of para-hydroxylation sites is 1. The van der Waals surface area contributed by atoms with Gasteiger partial charge in [0.2, 0.25) is 17.7 Å². The molecular formula is C45H49BrClF3N8O6S. The summed E-state index contributed by atoms with van der Waals surface area (Å²) in [5.74, 6) is -1.85. The van der Waals surface area contributed by atoms with Crippen LogP contribution in [0.1, 0.15) is 53.5 Å². The number of fused-ring (bicyclic) bond motifs is 1. The summed E-state index contributed by atoms with van der Waals surface area (Å²) >= 11 is 10.7. The number of thiazole rings is 1. The molecule has 1 saturated heterocycles. The Kier molecular flexibility index (Phi) is 16.7. The van der Waals surface area contributed by atoms with E-state index in [-0.39, 0.29) is 45.0 Å². The SMILES string of the molecule is CC(C)(c1csc(-c2cncc(Cl)c2)n1)N1CCN(C[C@@H](O)C[C@@H](Cc2ccccc2)C(=O)N[C@H]2c3ccccc3OC[C@H]2O)[C@H](C(=O)NCC(F)(F)F)C1.NC(=O)c1cncc(Br)c1. The third-order valence-electron chi connectivity index (χ3n) is 11.2. The minimum absolute atomic E-state index is 0.00246. The molecule has 0 unspecified atom stereocenters. The summed E-state index contributed by atoms with van der Waals surface area (Å²) in [6.45, 7) is 3.05. The van der Waals surface area contributed by atoms with E-state index in [1.165, 1.54) is 23.7 Å². The number of piperazine rings is 1. The number of hydrogen-bond acceptors (Lipinski definition) is 12. The van der Waals surface area contributed by atoms with Crippen LogP contribution in [0.3, 0.4) is 0 Å². The largest absolute Gasteiger partial charge is 0.490 e. The number of primary amides is 1. The highest BCUT2D eigenvalue weighted by Crippen LogP contribution is 2.35. The van der Waals surface area contributed by atoms with E-state index in [0.29, 0.717) is 39.1 Å². The van der Waals surface area contributed by atoms with Gasteiger partial charge in [-0.1, -0.05) is 60.1 Å². The van der Waals surface area contributed by atoms with Crippen LogP contribution in [0.25, 0.3) is 10.6 Å². The van der Waals surface area contributed by atoms with E-state index in [0.717, 1.165) is 15.6 Å². The second-order valence-electron chi connectivity index (χ2n) is 16.2. The Morgan fingerprint density at radius 1 is 1.03 bits per heavy atom. The number of aromatic nitrogens is 3. The highest BCUT2D eigenvalue weighted by atomic mass is 79.9. The summed E-state index contributed by atoms with van der Waals surface area (Å²) in [4.78, 5) is 54.4. The van der Waals surface area contributed by atoms with Crippen LogP contribution in [0.15, 0.2) is 101 Å². The number of hydrogen-bond donors (Lipinski definition) is 5. The van der Waals surface area contributed by atoms with Crippen LogP contribution in [0.5, 0.6) is 5.75 Å². The molecule has 0 aliphatic carbocycles. The van der Waals surface area contributed by atoms with Crippen molar-refractivity contribution in [2.24, 2.45) is 11.7 Å². The summed E-state index contributed by atoms with van der Waals surface area (Å²) in [7, 11) is 0. The van der Waals surface area contributed by atoms with E-state index >= 15 is 0 Å². The van der Waals surface area contributed by atoms with Crippen molar-refractivity contribution >= 4 is 56.6 Å². The minimum Gasteiger partial charge on any atom is -0.490 e. The molecule has 0 saturated carbocycles. The van der Waals surface area contributed by atoms with Gasteiger partial charge in [0.1, 0.15) is 36.1 Å². The fourth-order valence-electron chi connectivity index (χ4n) is 7.67. The van der Waals surface area contributed by atoms with Gasteiger partial charge in [-0.25, -0.2) is 4.98 Å². The van der Waals surface area contributed by atoms with Crippen molar-refractivity contribution in [2.75, 3.05) is 39.3 Å². The smallest absolute Gasteiger partial charge is 0.405 e. The molecule has 0 bridgehead atoms. The summed E-state index contributed by atoms with van der Waals surface area (Å²) in [5, 5.41) is 30.5. The van der Waals surface area contributed by atoms with E-state index in [9.17, 15) is 37.8 Å². The monoisotopic (exact) mass is 1000 g/mol. The van der Waals surface area contributed by atoms with E-state index < -0.39 is 60.3 Å². The molecule has 3 aromatic heterocycles. The quantitative estimate of drug-likeness (QED) is 0.0886. The molecule has 0 spiro atoms. The van der Waals surface area contributed by atoms with Gasteiger partial charge in [0.15, 0.2) is 0 Å². The number of β-amino-alcohol motifs (C(OH)–C–C–N with tert-alkyl or cyclic N) is 1. The minimum atomic E-state index is -4.61. The number of ether oxygens (including phenoxy) is 1. The maximum absolute atomic E-state index is 14.0. The average molecular weight is 1000 g/mol. The van der Waals surface area contributed by atoms with Gasteiger partial charge in [0, 0.05) is 77.9 Å². The fourth-order valence-corrected chi connectivity index (χ4v) is 9.18. The molecular weight excluding hydrogens is 953 g/mol. The van der Waals surface area contributed by atoms with Gasteiger partial charge < -0.3 is 31.3 Å². The van der Waals surface area contributed by atoms with Crippen molar-refractivity contribution in [3.05, 3.63) is 129 Å². The Bertz CT molecular complexity index is 2420. The molecule has 0 radical (unpaired) electrons. The number of aliphatic hydroxyl groups excluding tert-OH is 2. The van der Waals surface area contributed by atoms with Gasteiger partial charge in [0.05, 0.1) is 34.0 Å². The maximum atomic E-state index is 14.0. The molecule has 6 N–H and O–H groups in total. The van der Waals surface area contributed by atoms with Gasteiger partial charge in [-0.3, -0.25) is 34.2 Å². The summed E-state index contributed by atoms with van der Waals surface area (Å²) in [6, 6.07) is 18.1. The molecule has 5 heterocycles. The van der Waals surface area contributed by atoms with Crippen LogP contribution in [-0.2, 0) is 21.5 Å². The summed E-state index contributed by atoms with van der Waals surface area (Å²) < 4.78 is 46.2. The van der Waals surface area contributed by atoms with Crippen LogP contribution < -0.4 is 21.1 Å². The zero-order chi connectivity index (χ0) is 46.9. The van der Waals surface area contributed by atoms with Crippen molar-refractivity contribution in [3.8, 4) is 16.3 Å². The summed E-state index contributed by atoms with van der Waals surface area (Å²) in [5.41, 5.74) is 7.63. The molecule has 3 amide bonds. The molecule has 2 aromatic carbocycles. The Morgan fingerprint density at radius 3 is 2.45 bits per heavy atom.